The van der Waals surface area contributed by atoms with Crippen molar-refractivity contribution in [2.24, 2.45) is 5.11 Å². The van der Waals surface area contributed by atoms with E-state index in [2.05, 4.69) is 25.1 Å². The average Bonchev–Trinajstić information content (AvgIpc) is 2.87. The lowest BCUT2D eigenvalue weighted by molar-refractivity contribution is -0.141. The van der Waals surface area contributed by atoms with Gasteiger partial charge in [-0.05, 0) is 18.5 Å². The van der Waals surface area contributed by atoms with Gasteiger partial charge in [-0.3, -0.25) is 4.57 Å². The summed E-state index contributed by atoms with van der Waals surface area (Å²) in [6.45, 7) is 0.496. The number of azide groups is 1. The van der Waals surface area contributed by atoms with E-state index in [1.807, 2.05) is 0 Å². The fourth-order valence-electron chi connectivity index (χ4n) is 2.42. The van der Waals surface area contributed by atoms with E-state index in [0.717, 1.165) is 10.8 Å². The van der Waals surface area contributed by atoms with Crippen molar-refractivity contribution in [3.63, 3.8) is 0 Å². The van der Waals surface area contributed by atoms with Gasteiger partial charge in [0.2, 0.25) is 5.72 Å². The number of rotatable bonds is 6. The Labute approximate surface area is 145 Å². The van der Waals surface area contributed by atoms with Crippen molar-refractivity contribution in [1.82, 2.24) is 9.55 Å². The van der Waals surface area contributed by atoms with Gasteiger partial charge in [0.25, 0.3) is 0 Å². The number of alkyl halides is 1. The van der Waals surface area contributed by atoms with E-state index in [1.165, 1.54) is 20.1 Å². The number of aliphatic hydroxyl groups is 2. The number of hydrogen-bond donors (Lipinski definition) is 3. The van der Waals surface area contributed by atoms with E-state index in [-0.39, 0.29) is 5.82 Å². The summed E-state index contributed by atoms with van der Waals surface area (Å²) in [5.41, 5.74) is 5.32. The number of nitrogens with zero attached hydrogens (tertiary/aromatic N) is 5. The normalized spacial score (nSPS) is 28.9. The maximum atomic E-state index is 14.4. The highest BCUT2D eigenvalue weighted by Gasteiger charge is 2.56. The predicted molar refractivity (Wildman–Crippen MR) is 83.6 cm³/mol. The fraction of sp³-hybridized carbons (Fsp3) is 0.615. The first-order valence-corrected chi connectivity index (χ1v) is 7.40. The Bertz CT molecular complexity index is 783. The molecule has 0 spiro atoms. The van der Waals surface area contributed by atoms with E-state index in [4.69, 9.17) is 10.3 Å². The van der Waals surface area contributed by atoms with Crippen LogP contribution in [-0.2, 0) is 14.3 Å². The summed E-state index contributed by atoms with van der Waals surface area (Å²) in [5.74, 6) is -0.550. The molecule has 0 radical (unpaired) electrons. The number of esters is 1. The van der Waals surface area contributed by atoms with Crippen LogP contribution in [0.5, 0.6) is 0 Å². The first-order valence-electron chi connectivity index (χ1n) is 7.40. The average molecular weight is 372 g/mol. The maximum absolute atomic E-state index is 14.4. The molecule has 0 aliphatic carbocycles. The summed E-state index contributed by atoms with van der Waals surface area (Å²) in [6.07, 6.45) is -4.71. The fourth-order valence-corrected chi connectivity index (χ4v) is 2.42. The number of carbonyl (C=O) groups is 1. The Hall–Kier alpha value is -2.73. The summed E-state index contributed by atoms with van der Waals surface area (Å²) in [6, 6.07) is 0.490. The molecule has 142 valence electrons. The van der Waals surface area contributed by atoms with Crippen molar-refractivity contribution in [1.29, 1.82) is 0 Å². The third-order valence-corrected chi connectivity index (χ3v) is 3.82. The molecule has 0 aromatic carbocycles. The molecule has 1 aromatic rings. The third-order valence-electron chi connectivity index (χ3n) is 3.82. The van der Waals surface area contributed by atoms with Crippen molar-refractivity contribution in [2.75, 3.05) is 19.0 Å². The minimum atomic E-state index is -2.26. The first-order chi connectivity index (χ1) is 12.3. The molecule has 1 aromatic heterocycles. The smallest absolute Gasteiger partial charge is 0.351 e. The van der Waals surface area contributed by atoms with Crippen LogP contribution in [0.15, 0.2) is 22.2 Å². The van der Waals surface area contributed by atoms with Crippen LogP contribution in [0.25, 0.3) is 10.4 Å². The van der Waals surface area contributed by atoms with Gasteiger partial charge in [-0.15, -0.1) is 0 Å². The quantitative estimate of drug-likeness (QED) is 0.258. The Morgan fingerprint density at radius 2 is 2.42 bits per heavy atom. The second-order valence-electron chi connectivity index (χ2n) is 5.48. The molecule has 5 atom stereocenters. The highest BCUT2D eigenvalue weighted by molar-refractivity contribution is 5.78. The number of carbonyl (C=O) groups excluding carboxylic acids is 1. The number of ether oxygens (including phenoxy) is 2. The van der Waals surface area contributed by atoms with E-state index in [0.29, 0.717) is 0 Å². The molecule has 0 amide bonds. The van der Waals surface area contributed by atoms with Gasteiger partial charge >= 0.3 is 11.7 Å². The SMILES string of the molecule is COC(=O)C(C)Nc1ccn(C2O[C@@](CO)(N=[N+]=[N-])C(O)[C@@H]2F)c(=O)n1. The van der Waals surface area contributed by atoms with E-state index >= 15 is 0 Å². The lowest BCUT2D eigenvalue weighted by Gasteiger charge is -2.23. The summed E-state index contributed by atoms with van der Waals surface area (Å²) in [4.78, 5) is 29.6. The minimum absolute atomic E-state index is 0.0292. The van der Waals surface area contributed by atoms with Crippen LogP contribution in [0.4, 0.5) is 10.2 Å². The number of halogens is 1. The van der Waals surface area contributed by atoms with Crippen LogP contribution >= 0.6 is 0 Å². The maximum Gasteiger partial charge on any atom is 0.351 e. The van der Waals surface area contributed by atoms with Crippen molar-refractivity contribution >= 4 is 11.8 Å². The molecule has 3 unspecified atom stereocenters. The van der Waals surface area contributed by atoms with Crippen LogP contribution in [0.1, 0.15) is 13.2 Å². The molecule has 13 heteroatoms. The second kappa shape index (κ2) is 7.66. The molecule has 1 saturated heterocycles. The Kier molecular flexibility index (Phi) is 5.77. The zero-order valence-corrected chi connectivity index (χ0v) is 13.8. The number of aromatic nitrogens is 2. The molecule has 26 heavy (non-hydrogen) atoms. The van der Waals surface area contributed by atoms with E-state index < -0.39 is 48.5 Å². The molecule has 0 saturated carbocycles. The van der Waals surface area contributed by atoms with Crippen molar-refractivity contribution < 1.29 is 28.9 Å². The molecule has 1 aliphatic rings. The molecule has 2 heterocycles. The molecular formula is C13H17FN6O6. The van der Waals surface area contributed by atoms with Gasteiger partial charge < -0.3 is 25.0 Å². The number of nitrogens with one attached hydrogen (secondary N) is 1. The molecule has 0 bridgehead atoms. The number of methoxy groups -OCH3 is 1. The van der Waals surface area contributed by atoms with Crippen molar-refractivity contribution in [3.8, 4) is 0 Å². The van der Waals surface area contributed by atoms with Crippen LogP contribution in [0, 0.1) is 0 Å². The zero-order chi connectivity index (χ0) is 19.5. The van der Waals surface area contributed by atoms with Gasteiger partial charge in [-0.25, -0.2) is 14.0 Å². The topological polar surface area (TPSA) is 172 Å². The molecule has 1 fully saturated rings. The summed E-state index contributed by atoms with van der Waals surface area (Å²) >= 11 is 0. The largest absolute Gasteiger partial charge is 0.467 e. The molecule has 2 rings (SSSR count). The first kappa shape index (κ1) is 19.6. The highest BCUT2D eigenvalue weighted by atomic mass is 19.1. The van der Waals surface area contributed by atoms with Crippen molar-refractivity contribution in [2.45, 2.75) is 37.2 Å². The van der Waals surface area contributed by atoms with Crippen molar-refractivity contribution in [3.05, 3.63) is 33.2 Å². The van der Waals surface area contributed by atoms with Gasteiger partial charge in [-0.1, -0.05) is 5.11 Å². The van der Waals surface area contributed by atoms with Gasteiger partial charge in [0.05, 0.1) is 13.7 Å². The third kappa shape index (κ3) is 3.46. The lowest BCUT2D eigenvalue weighted by Crippen LogP contribution is -2.43. The Morgan fingerprint density at radius 1 is 1.73 bits per heavy atom. The predicted octanol–water partition coefficient (Wildman–Crippen LogP) is -0.557. The van der Waals surface area contributed by atoms with Crippen LogP contribution in [-0.4, -0.2) is 63.5 Å². The minimum Gasteiger partial charge on any atom is -0.467 e. The highest BCUT2D eigenvalue weighted by Crippen LogP contribution is 2.39. The van der Waals surface area contributed by atoms with Crippen LogP contribution in [0.3, 0.4) is 0 Å². The van der Waals surface area contributed by atoms with Gasteiger partial charge in [-0.2, -0.15) is 4.98 Å². The number of hydrogen-bond acceptors (Lipinski definition) is 9. The molecule has 1 aliphatic heterocycles. The summed E-state index contributed by atoms with van der Waals surface area (Å²) < 4.78 is 24.8. The molecular weight excluding hydrogens is 355 g/mol. The molecule has 3 N–H and O–H groups in total. The Morgan fingerprint density at radius 3 is 2.96 bits per heavy atom. The lowest BCUT2D eigenvalue weighted by atomic mass is 10.1. The molecule has 12 nitrogen and oxygen atoms in total. The Balaban J connectivity index is 2.28. The van der Waals surface area contributed by atoms with E-state index in [1.54, 1.807) is 0 Å². The standard InChI is InChI=1S/C13H17FN6O6/c1-6(11(23)25-2)16-7-3-4-20(12(24)17-7)10-8(14)9(22)13(5-21,26-10)18-19-15/h3-4,6,8-10,21-22H,5H2,1-2H3,(H,16,17,24)/t6?,8-,9?,10?,13+/m0/s1. The van der Waals surface area contributed by atoms with Crippen LogP contribution < -0.4 is 11.0 Å². The van der Waals surface area contributed by atoms with Gasteiger partial charge in [0, 0.05) is 11.1 Å². The number of aliphatic hydroxyl groups excluding tert-OH is 2. The van der Waals surface area contributed by atoms with Gasteiger partial charge in [0.1, 0.15) is 18.0 Å². The monoisotopic (exact) mass is 372 g/mol. The summed E-state index contributed by atoms with van der Waals surface area (Å²) in [5, 5.41) is 25.0. The number of anilines is 1. The van der Waals surface area contributed by atoms with E-state index in [9.17, 15) is 24.2 Å². The second-order valence-corrected chi connectivity index (χ2v) is 5.48. The summed E-state index contributed by atoms with van der Waals surface area (Å²) in [7, 11) is 1.20. The van der Waals surface area contributed by atoms with Gasteiger partial charge in [0.15, 0.2) is 12.4 Å². The van der Waals surface area contributed by atoms with Crippen LogP contribution in [0.2, 0.25) is 0 Å². The zero-order valence-electron chi connectivity index (χ0n) is 13.8.